The lowest BCUT2D eigenvalue weighted by Crippen LogP contribution is -1.99. The van der Waals surface area contributed by atoms with Gasteiger partial charge in [-0.15, -0.1) is 0 Å². The van der Waals surface area contributed by atoms with Crippen LogP contribution >= 0.6 is 0 Å². The van der Waals surface area contributed by atoms with E-state index < -0.39 is 5.97 Å². The number of rotatable bonds is 4. The number of aliphatic carboxylic acids is 1. The predicted octanol–water partition coefficient (Wildman–Crippen LogP) is 3.20. The third-order valence-electron chi connectivity index (χ3n) is 2.44. The quantitative estimate of drug-likeness (QED) is 0.869. The van der Waals surface area contributed by atoms with Crippen molar-refractivity contribution in [2.45, 2.75) is 6.42 Å². The maximum atomic E-state index is 12.7. The van der Waals surface area contributed by atoms with E-state index in [0.717, 1.165) is 16.9 Å². The molecule has 0 amide bonds. The fourth-order valence-electron chi connectivity index (χ4n) is 1.58. The van der Waals surface area contributed by atoms with Crippen molar-refractivity contribution in [1.82, 2.24) is 0 Å². The number of anilines is 2. The molecule has 0 heterocycles. The van der Waals surface area contributed by atoms with Gasteiger partial charge in [-0.25, -0.2) is 4.39 Å². The molecule has 0 spiro atoms. The number of hydrogen-bond donors (Lipinski definition) is 2. The van der Waals surface area contributed by atoms with Gasteiger partial charge in [-0.1, -0.05) is 12.1 Å². The van der Waals surface area contributed by atoms with Crippen LogP contribution in [0.1, 0.15) is 5.56 Å². The van der Waals surface area contributed by atoms with Gasteiger partial charge in [-0.3, -0.25) is 4.79 Å². The molecular weight excluding hydrogens is 233 g/mol. The van der Waals surface area contributed by atoms with Crippen molar-refractivity contribution >= 4 is 17.3 Å². The Morgan fingerprint density at radius 3 is 2.00 bits per heavy atom. The molecule has 4 heteroatoms. The SMILES string of the molecule is O=C(O)Cc1ccc(Nc2ccc(F)cc2)cc1. The molecule has 0 aliphatic heterocycles. The third-order valence-corrected chi connectivity index (χ3v) is 2.44. The molecule has 3 nitrogen and oxygen atoms in total. The second kappa shape index (κ2) is 5.31. The predicted molar refractivity (Wildman–Crippen MR) is 67.5 cm³/mol. The maximum absolute atomic E-state index is 12.7. The van der Waals surface area contributed by atoms with Crippen LogP contribution in [0, 0.1) is 5.82 Å². The fourth-order valence-corrected chi connectivity index (χ4v) is 1.58. The van der Waals surface area contributed by atoms with Gasteiger partial charge in [0.25, 0.3) is 0 Å². The molecular formula is C14H12FNO2. The van der Waals surface area contributed by atoms with Crippen LogP contribution < -0.4 is 5.32 Å². The molecule has 2 rings (SSSR count). The number of hydrogen-bond acceptors (Lipinski definition) is 2. The molecule has 0 bridgehead atoms. The summed E-state index contributed by atoms with van der Waals surface area (Å²) in [4.78, 5) is 10.5. The molecule has 0 unspecified atom stereocenters. The molecule has 0 aliphatic carbocycles. The topological polar surface area (TPSA) is 49.3 Å². The molecule has 2 aromatic rings. The van der Waals surface area contributed by atoms with E-state index in [-0.39, 0.29) is 12.2 Å². The van der Waals surface area contributed by atoms with Crippen LogP contribution in [0.5, 0.6) is 0 Å². The average Bonchev–Trinajstić information content (AvgIpc) is 2.34. The van der Waals surface area contributed by atoms with Gasteiger partial charge in [0.1, 0.15) is 5.82 Å². The first kappa shape index (κ1) is 12.1. The number of carboxylic acids is 1. The van der Waals surface area contributed by atoms with Crippen molar-refractivity contribution in [3.8, 4) is 0 Å². The number of benzene rings is 2. The molecule has 92 valence electrons. The molecule has 0 aromatic heterocycles. The normalized spacial score (nSPS) is 10.1. The van der Waals surface area contributed by atoms with Crippen molar-refractivity contribution < 1.29 is 14.3 Å². The highest BCUT2D eigenvalue weighted by Gasteiger charge is 2.00. The van der Waals surface area contributed by atoms with Gasteiger partial charge in [0, 0.05) is 11.4 Å². The average molecular weight is 245 g/mol. The van der Waals surface area contributed by atoms with Gasteiger partial charge in [0.15, 0.2) is 0 Å². The summed E-state index contributed by atoms with van der Waals surface area (Å²) in [5, 5.41) is 11.7. The Morgan fingerprint density at radius 1 is 1.00 bits per heavy atom. The molecule has 2 N–H and O–H groups in total. The second-order valence-electron chi connectivity index (χ2n) is 3.90. The highest BCUT2D eigenvalue weighted by atomic mass is 19.1. The van der Waals surface area contributed by atoms with Crippen LogP contribution in [-0.4, -0.2) is 11.1 Å². The minimum atomic E-state index is -0.853. The lowest BCUT2D eigenvalue weighted by atomic mass is 10.1. The third kappa shape index (κ3) is 3.31. The van der Waals surface area contributed by atoms with Crippen LogP contribution in [0.2, 0.25) is 0 Å². The van der Waals surface area contributed by atoms with Gasteiger partial charge >= 0.3 is 5.97 Å². The molecule has 0 saturated heterocycles. The van der Waals surface area contributed by atoms with Gasteiger partial charge in [-0.05, 0) is 42.0 Å². The minimum absolute atomic E-state index is 0.0107. The van der Waals surface area contributed by atoms with E-state index in [1.807, 2.05) is 0 Å². The molecule has 0 saturated carbocycles. The zero-order valence-electron chi connectivity index (χ0n) is 9.56. The highest BCUT2D eigenvalue weighted by Crippen LogP contribution is 2.17. The monoisotopic (exact) mass is 245 g/mol. The summed E-state index contributed by atoms with van der Waals surface area (Å²) < 4.78 is 12.7. The van der Waals surface area contributed by atoms with E-state index in [9.17, 15) is 9.18 Å². The number of carbonyl (C=O) groups is 1. The zero-order chi connectivity index (χ0) is 13.0. The Hall–Kier alpha value is -2.36. The lowest BCUT2D eigenvalue weighted by molar-refractivity contribution is -0.136. The molecule has 0 aliphatic rings. The van der Waals surface area contributed by atoms with E-state index in [1.54, 1.807) is 36.4 Å². The van der Waals surface area contributed by atoms with Crippen molar-refractivity contribution in [2.75, 3.05) is 5.32 Å². The maximum Gasteiger partial charge on any atom is 0.307 e. The van der Waals surface area contributed by atoms with Crippen LogP contribution in [0.15, 0.2) is 48.5 Å². The first-order valence-corrected chi connectivity index (χ1v) is 5.47. The van der Waals surface area contributed by atoms with Crippen molar-refractivity contribution in [3.63, 3.8) is 0 Å². The first-order valence-electron chi connectivity index (χ1n) is 5.47. The Balaban J connectivity index is 2.06. The fraction of sp³-hybridized carbons (Fsp3) is 0.0714. The van der Waals surface area contributed by atoms with Crippen LogP contribution in [-0.2, 0) is 11.2 Å². The molecule has 0 atom stereocenters. The number of halogens is 1. The Bertz CT molecular complexity index is 535. The second-order valence-corrected chi connectivity index (χ2v) is 3.90. The summed E-state index contributed by atoms with van der Waals surface area (Å²) in [7, 11) is 0. The van der Waals surface area contributed by atoms with Crippen LogP contribution in [0.25, 0.3) is 0 Å². The van der Waals surface area contributed by atoms with Crippen LogP contribution in [0.4, 0.5) is 15.8 Å². The first-order chi connectivity index (χ1) is 8.63. The molecule has 2 aromatic carbocycles. The molecule has 0 fully saturated rings. The summed E-state index contributed by atoms with van der Waals surface area (Å²) in [6, 6.07) is 13.1. The Labute approximate surface area is 104 Å². The standard InChI is InChI=1S/C14H12FNO2/c15-11-3-7-13(8-4-11)16-12-5-1-10(2-6-12)9-14(17)18/h1-8,16H,9H2,(H,17,18). The van der Waals surface area contributed by atoms with Crippen molar-refractivity contribution in [1.29, 1.82) is 0 Å². The smallest absolute Gasteiger partial charge is 0.307 e. The molecule has 18 heavy (non-hydrogen) atoms. The van der Waals surface area contributed by atoms with Gasteiger partial charge in [0.05, 0.1) is 6.42 Å². The zero-order valence-corrected chi connectivity index (χ0v) is 9.56. The van der Waals surface area contributed by atoms with Crippen LogP contribution in [0.3, 0.4) is 0 Å². The lowest BCUT2D eigenvalue weighted by Gasteiger charge is -2.06. The van der Waals surface area contributed by atoms with Gasteiger partial charge in [-0.2, -0.15) is 0 Å². The Kier molecular flexibility index (Phi) is 3.57. The van der Waals surface area contributed by atoms with E-state index in [0.29, 0.717) is 0 Å². The summed E-state index contributed by atoms with van der Waals surface area (Å²) in [6.45, 7) is 0. The summed E-state index contributed by atoms with van der Waals surface area (Å²) in [5.74, 6) is -1.13. The summed E-state index contributed by atoms with van der Waals surface area (Å²) in [5.41, 5.74) is 2.35. The minimum Gasteiger partial charge on any atom is -0.481 e. The molecule has 0 radical (unpaired) electrons. The van der Waals surface area contributed by atoms with E-state index in [1.165, 1.54) is 12.1 Å². The number of nitrogens with one attached hydrogen (secondary N) is 1. The summed E-state index contributed by atoms with van der Waals surface area (Å²) >= 11 is 0. The van der Waals surface area contributed by atoms with E-state index >= 15 is 0 Å². The Morgan fingerprint density at radius 2 is 1.50 bits per heavy atom. The highest BCUT2D eigenvalue weighted by molar-refractivity contribution is 5.70. The van der Waals surface area contributed by atoms with Crippen molar-refractivity contribution in [3.05, 3.63) is 59.9 Å². The number of carboxylic acid groups (broad SMARTS) is 1. The van der Waals surface area contributed by atoms with Gasteiger partial charge < -0.3 is 10.4 Å². The largest absolute Gasteiger partial charge is 0.481 e. The van der Waals surface area contributed by atoms with E-state index in [4.69, 9.17) is 5.11 Å². The summed E-state index contributed by atoms with van der Waals surface area (Å²) in [6.07, 6.45) is 0.0107. The van der Waals surface area contributed by atoms with E-state index in [2.05, 4.69) is 5.32 Å². The van der Waals surface area contributed by atoms with Gasteiger partial charge in [0.2, 0.25) is 0 Å². The van der Waals surface area contributed by atoms with Crippen molar-refractivity contribution in [2.24, 2.45) is 0 Å².